The van der Waals surface area contributed by atoms with Crippen molar-refractivity contribution >= 4 is 34.1 Å². The molecule has 18 aromatic carbocycles. The first-order valence-corrected chi connectivity index (χ1v) is 45.6. The Morgan fingerprint density at radius 3 is 1.22 bits per heavy atom. The highest BCUT2D eigenvalue weighted by molar-refractivity contribution is 5.93. The third kappa shape index (κ3) is 14.5. The fraction of sp³-hybridized carbons (Fsp3) is 0.129. The number of anilines is 6. The number of fused-ring (bicyclic) bond motifs is 10. The quantitative estimate of drug-likeness (QED) is 0.0602. The van der Waals surface area contributed by atoms with Crippen molar-refractivity contribution in [2.45, 2.75) is 102 Å². The molecule has 18 aromatic rings. The Morgan fingerprint density at radius 2 is 0.688 bits per heavy atom. The summed E-state index contributed by atoms with van der Waals surface area (Å²) in [5, 5.41) is 0. The maximum atomic E-state index is 6.82. The average Bonchev–Trinajstić information content (AvgIpc) is 1.53. The van der Waals surface area contributed by atoms with Crippen LogP contribution in [0.3, 0.4) is 0 Å². The Bertz CT molecular complexity index is 7130. The summed E-state index contributed by atoms with van der Waals surface area (Å²) < 4.78 is 13.2. The van der Waals surface area contributed by atoms with Gasteiger partial charge in [0.25, 0.3) is 0 Å². The Morgan fingerprint density at radius 1 is 0.305 bits per heavy atom. The zero-order chi connectivity index (χ0) is 86.0. The highest BCUT2D eigenvalue weighted by Crippen LogP contribution is 2.59. The number of nitrogens with zero attached hydrogens (tertiary/aromatic N) is 2. The second kappa shape index (κ2) is 33.3. The van der Waals surface area contributed by atoms with E-state index in [2.05, 4.69) is 469 Å². The molecule has 618 valence electrons. The van der Waals surface area contributed by atoms with Crippen LogP contribution >= 0.6 is 0 Å². The molecule has 0 saturated heterocycles. The van der Waals surface area contributed by atoms with Gasteiger partial charge in [-0.25, -0.2) is 0 Å². The fourth-order valence-electron chi connectivity index (χ4n) is 21.2. The lowest BCUT2D eigenvalue weighted by Gasteiger charge is -2.34. The van der Waals surface area contributed by atoms with Crippen LogP contribution in [0.25, 0.3) is 89.0 Å². The van der Waals surface area contributed by atoms with Gasteiger partial charge in [-0.3, -0.25) is 0 Å². The predicted octanol–water partition coefficient (Wildman–Crippen LogP) is 33.1. The summed E-state index contributed by atoms with van der Waals surface area (Å²) in [7, 11) is 0. The number of benzene rings is 18. The third-order valence-corrected chi connectivity index (χ3v) is 28.3. The highest BCUT2D eigenvalue weighted by atomic mass is 16.5. The topological polar surface area (TPSA) is 24.9 Å². The zero-order valence-corrected chi connectivity index (χ0v) is 73.1. The fourth-order valence-corrected chi connectivity index (χ4v) is 21.2. The van der Waals surface area contributed by atoms with Crippen LogP contribution in [0.2, 0.25) is 0 Å². The van der Waals surface area contributed by atoms with Crippen molar-refractivity contribution in [3.8, 4) is 101 Å². The Kier molecular flexibility index (Phi) is 20.6. The molecule has 0 radical (unpaired) electrons. The third-order valence-electron chi connectivity index (χ3n) is 28.3. The van der Waals surface area contributed by atoms with E-state index in [9.17, 15) is 0 Å². The normalized spacial score (nSPS) is 15.0. The zero-order valence-electron chi connectivity index (χ0n) is 73.1. The molecule has 0 saturated carbocycles. The first-order valence-electron chi connectivity index (χ1n) is 45.6. The van der Waals surface area contributed by atoms with E-state index >= 15 is 0 Å². The van der Waals surface area contributed by atoms with Crippen LogP contribution in [0, 0.1) is 0 Å². The van der Waals surface area contributed by atoms with Gasteiger partial charge in [0.15, 0.2) is 0 Å². The second-order valence-corrected chi connectivity index (χ2v) is 36.1. The molecule has 4 unspecified atom stereocenters. The van der Waals surface area contributed by atoms with Crippen molar-refractivity contribution in [2.24, 2.45) is 0 Å². The maximum absolute atomic E-state index is 6.82. The van der Waals surface area contributed by atoms with E-state index in [-0.39, 0.29) is 11.3 Å². The minimum absolute atomic E-state index is 0.170. The molecular formula is C124H100N2O2. The van der Waals surface area contributed by atoms with Crippen LogP contribution in [0.5, 0.6) is 11.5 Å². The van der Waals surface area contributed by atoms with Crippen LogP contribution in [-0.4, -0.2) is 0 Å². The molecule has 4 heteroatoms. The molecule has 0 bridgehead atoms. The predicted molar refractivity (Wildman–Crippen MR) is 532 cm³/mol. The molecule has 4 atom stereocenters. The average molecular weight is 1650 g/mol. The number of hydrogen-bond donors (Lipinski definition) is 0. The molecule has 4 aliphatic rings. The van der Waals surface area contributed by atoms with Gasteiger partial charge in [0, 0.05) is 45.5 Å². The minimum atomic E-state index is -0.773. The Balaban J connectivity index is 0.573. The molecule has 0 aromatic heterocycles. The highest BCUT2D eigenvalue weighted by Gasteiger charge is 2.47. The molecule has 0 fully saturated rings. The number of hydrogen-bond acceptors (Lipinski definition) is 4. The van der Waals surface area contributed by atoms with Crippen molar-refractivity contribution in [2.75, 3.05) is 9.80 Å². The first-order chi connectivity index (χ1) is 62.9. The van der Waals surface area contributed by atoms with Gasteiger partial charge in [-0.1, -0.05) is 350 Å². The Hall–Kier alpha value is -14.7. The summed E-state index contributed by atoms with van der Waals surface area (Å²) in [6.45, 7) is 12.8. The summed E-state index contributed by atoms with van der Waals surface area (Å²) in [5.41, 5.74) is 43.4. The lowest BCUT2D eigenvalue weighted by Crippen LogP contribution is -2.28. The van der Waals surface area contributed by atoms with E-state index in [0.29, 0.717) is 25.0 Å². The first kappa shape index (κ1) is 79.2. The number of rotatable bonds is 24. The molecular weight excluding hydrogens is 1550 g/mol. The van der Waals surface area contributed by atoms with E-state index in [4.69, 9.17) is 9.47 Å². The number of aryl methyl sites for hydroxylation is 2. The van der Waals surface area contributed by atoms with Crippen LogP contribution in [0.4, 0.5) is 34.1 Å². The molecule has 4 nitrogen and oxygen atoms in total. The van der Waals surface area contributed by atoms with Gasteiger partial charge in [-0.2, -0.15) is 0 Å². The van der Waals surface area contributed by atoms with Gasteiger partial charge >= 0.3 is 0 Å². The van der Waals surface area contributed by atoms with Crippen LogP contribution in [0.1, 0.15) is 143 Å². The summed E-state index contributed by atoms with van der Waals surface area (Å²) in [4.78, 5) is 4.85. The SMILES string of the molecule is CCC(CC(C)c1ccc(-c2ccc3c(c2)CC3)cc1)c1ccc(COCc2ccc(Oc3ccc(C4(c5ccccc5)c5cc(-c6ccc(N(c7ccc(-c8ccccc8)cc7)c7ccc8c(c7)C(C)c7ccccc7-8)cc6)ccc5-c5ccc(-c6ccc(N(c7ccc(-c8ccccc8)cc7)c7ccc8c(c7)C(C)(C)c7ccccc7-8)cc6)cc54)cc3)cc2)cc1. The smallest absolute Gasteiger partial charge is 0.127 e. The van der Waals surface area contributed by atoms with E-state index in [1.54, 1.807) is 0 Å². The van der Waals surface area contributed by atoms with Gasteiger partial charge in [0.2, 0.25) is 0 Å². The largest absolute Gasteiger partial charge is 0.457 e. The van der Waals surface area contributed by atoms with Gasteiger partial charge in [0.1, 0.15) is 11.5 Å². The van der Waals surface area contributed by atoms with E-state index in [0.717, 1.165) is 91.8 Å². The van der Waals surface area contributed by atoms with Gasteiger partial charge in [-0.15, -0.1) is 0 Å². The molecule has 22 rings (SSSR count). The van der Waals surface area contributed by atoms with Crippen molar-refractivity contribution < 1.29 is 9.47 Å². The maximum Gasteiger partial charge on any atom is 0.127 e. The summed E-state index contributed by atoms with van der Waals surface area (Å²) in [6.07, 6.45) is 4.62. The van der Waals surface area contributed by atoms with E-state index < -0.39 is 5.41 Å². The summed E-state index contributed by atoms with van der Waals surface area (Å²) >= 11 is 0. The van der Waals surface area contributed by atoms with Crippen LogP contribution < -0.4 is 14.5 Å². The van der Waals surface area contributed by atoms with E-state index in [1.165, 1.54) is 146 Å². The molecule has 0 N–H and O–H groups in total. The van der Waals surface area contributed by atoms with Crippen molar-refractivity contribution in [1.82, 2.24) is 0 Å². The van der Waals surface area contributed by atoms with Gasteiger partial charge in [-0.05, 0) is 314 Å². The molecule has 0 heterocycles. The van der Waals surface area contributed by atoms with Gasteiger partial charge in [0.05, 0.1) is 18.6 Å². The van der Waals surface area contributed by atoms with Crippen LogP contribution in [0.15, 0.2) is 425 Å². The van der Waals surface area contributed by atoms with E-state index in [1.807, 2.05) is 0 Å². The van der Waals surface area contributed by atoms with Crippen LogP contribution in [-0.2, 0) is 41.6 Å². The minimum Gasteiger partial charge on any atom is -0.457 e. The Labute approximate surface area is 753 Å². The molecule has 0 amide bonds. The molecule has 0 spiro atoms. The molecule has 0 aliphatic heterocycles. The number of ether oxygens (including phenoxy) is 2. The summed E-state index contributed by atoms with van der Waals surface area (Å²) in [6, 6.07) is 158. The second-order valence-electron chi connectivity index (χ2n) is 36.1. The van der Waals surface area contributed by atoms with Crippen molar-refractivity contribution in [3.05, 3.63) is 503 Å². The standard InChI is InChI=1S/C124H100N2O2/c1-6-86(74-82(2)87-36-38-93(39-37-87)97-42-40-94-41-43-98(94)75-97)90-34-30-84(31-35-90)80-127-81-85-32-66-109(67-33-85)128-110-68-54-102(55-69-110)124(101-24-14-9-15-25-101)121-76-99(95-48-60-104(61-49-95)125(103-56-44-91(45-57-103)88-20-10-7-11-21-88)107-64-72-113-112-27-17-16-26-111(112)83(3)118(113)78-107)52-70-116(121)117-71-53-100(77-122(117)124)96-50-62-106(63-51-96)126(105-58-46-92(47-59-105)89-22-12-8-13-23-89)108-65-73-115-114-28-18-19-29-119(114)123(4,5)120(115)79-108/h7-40,42,44-73,75-79,82-83,86H,6,41,43,74,80-81H2,1-5H3. The lowest BCUT2D eigenvalue weighted by molar-refractivity contribution is 0.107. The van der Waals surface area contributed by atoms with Crippen molar-refractivity contribution in [1.29, 1.82) is 0 Å². The molecule has 128 heavy (non-hydrogen) atoms. The lowest BCUT2D eigenvalue weighted by atomic mass is 9.67. The monoisotopic (exact) mass is 1650 g/mol. The van der Waals surface area contributed by atoms with Crippen molar-refractivity contribution in [3.63, 3.8) is 0 Å². The summed E-state index contributed by atoms with van der Waals surface area (Å²) in [5.74, 6) is 2.71. The molecule has 4 aliphatic carbocycles. The van der Waals surface area contributed by atoms with Gasteiger partial charge < -0.3 is 19.3 Å².